The minimum absolute atomic E-state index is 0.00304. The summed E-state index contributed by atoms with van der Waals surface area (Å²) >= 11 is 1.22. The number of phenolic OH excluding ortho intramolecular Hbond substituents is 2. The lowest BCUT2D eigenvalue weighted by Crippen LogP contribution is -2.46. The minimum atomic E-state index is -1.61. The number of aromatic hydroxyl groups is 2. The highest BCUT2D eigenvalue weighted by Crippen LogP contribution is 2.60. The SMILES string of the molecule is COc1ccc(/C=N/Nc2nc(-c3c(O)c(C)c(O)c4c3OC3=CC(O)=C(C(C)=O)C(=O)[C@@]34C)cs2)cc1CN1CCN(c2ccc(F)cc2)CC1. The molecule has 4 aromatic rings. The molecule has 1 aliphatic carbocycles. The average Bonchev–Trinajstić information content (AvgIpc) is 3.70. The maximum atomic E-state index is 13.6. The molecule has 1 fully saturated rings. The Morgan fingerprint density at radius 1 is 1.13 bits per heavy atom. The van der Waals surface area contributed by atoms with Gasteiger partial charge in [0.15, 0.2) is 11.6 Å². The van der Waals surface area contributed by atoms with Gasteiger partial charge in [0.25, 0.3) is 0 Å². The van der Waals surface area contributed by atoms with Gasteiger partial charge in [-0.2, -0.15) is 5.10 Å². The fourth-order valence-corrected chi connectivity index (χ4v) is 7.58. The lowest BCUT2D eigenvalue weighted by Gasteiger charge is -2.36. The molecule has 3 heterocycles. The Balaban J connectivity index is 1.08. The second-order valence-electron chi connectivity index (χ2n) is 13.0. The Morgan fingerprint density at radius 3 is 2.56 bits per heavy atom. The zero-order chi connectivity index (χ0) is 36.9. The Morgan fingerprint density at radius 2 is 1.87 bits per heavy atom. The number of anilines is 2. The Kier molecular flexibility index (Phi) is 8.97. The standard InChI is InChI=1S/C38H36FN5O7S/c1-20-33(47)31(35-32(34(20)48)38(3)29(51-35)16-27(46)30(21(2)45)36(38)49)26-19-52-37(41-26)42-40-17-22-5-10-28(50-4)23(15-22)18-43-11-13-44(14-12-43)25-8-6-24(39)7-9-25/h5-10,15-17,19,46-48H,11-14,18H2,1-4H3,(H,41,42)/b40-17+/t38-/m0/s1. The van der Waals surface area contributed by atoms with Crippen molar-refractivity contribution in [1.82, 2.24) is 9.88 Å². The molecule has 3 aliphatic rings. The van der Waals surface area contributed by atoms with E-state index in [9.17, 15) is 29.3 Å². The number of rotatable bonds is 9. The fourth-order valence-electron chi connectivity index (χ4n) is 6.93. The summed E-state index contributed by atoms with van der Waals surface area (Å²) in [5.41, 5.74) is 4.38. The van der Waals surface area contributed by atoms with Gasteiger partial charge in [0.2, 0.25) is 5.13 Å². The molecule has 0 bridgehead atoms. The highest BCUT2D eigenvalue weighted by molar-refractivity contribution is 7.14. The molecule has 52 heavy (non-hydrogen) atoms. The van der Waals surface area contributed by atoms with Crippen LogP contribution in [0.4, 0.5) is 15.2 Å². The van der Waals surface area contributed by atoms with Crippen LogP contribution in [0.2, 0.25) is 0 Å². The number of hydrogen-bond donors (Lipinski definition) is 4. The Bertz CT molecular complexity index is 2210. The fraction of sp³-hybridized carbons (Fsp3) is 0.263. The Labute approximate surface area is 302 Å². The van der Waals surface area contributed by atoms with E-state index < -0.39 is 28.3 Å². The summed E-state index contributed by atoms with van der Waals surface area (Å²) in [6.45, 7) is 8.18. The van der Waals surface area contributed by atoms with Gasteiger partial charge in [0, 0.05) is 61.0 Å². The van der Waals surface area contributed by atoms with Crippen molar-refractivity contribution in [3.63, 3.8) is 0 Å². The number of thiazole rings is 1. The van der Waals surface area contributed by atoms with E-state index in [1.807, 2.05) is 18.2 Å². The first-order valence-corrected chi connectivity index (χ1v) is 17.4. The summed E-state index contributed by atoms with van der Waals surface area (Å²) in [5, 5.41) is 39.3. The summed E-state index contributed by atoms with van der Waals surface area (Å²) in [6, 6.07) is 12.4. The van der Waals surface area contributed by atoms with Gasteiger partial charge in [0.1, 0.15) is 51.3 Å². The first kappa shape index (κ1) is 34.7. The van der Waals surface area contributed by atoms with Crippen LogP contribution < -0.4 is 19.8 Å². The second-order valence-corrected chi connectivity index (χ2v) is 13.9. The second kappa shape index (κ2) is 13.4. The summed E-state index contributed by atoms with van der Waals surface area (Å²) in [4.78, 5) is 35.1. The smallest absolute Gasteiger partial charge is 0.203 e. The third kappa shape index (κ3) is 5.93. The van der Waals surface area contributed by atoms with E-state index in [2.05, 4.69) is 25.3 Å². The number of Topliss-reactive ketones (excluding diaryl/α,β-unsaturated/α-hetero) is 2. The van der Waals surface area contributed by atoms with Crippen molar-refractivity contribution in [1.29, 1.82) is 0 Å². The molecule has 1 aromatic heterocycles. The van der Waals surface area contributed by atoms with Crippen LogP contribution in [0.15, 0.2) is 76.1 Å². The molecule has 12 nitrogen and oxygen atoms in total. The number of phenols is 2. The predicted octanol–water partition coefficient (Wildman–Crippen LogP) is 5.96. The number of hydrogen-bond acceptors (Lipinski definition) is 13. The number of benzene rings is 3. The van der Waals surface area contributed by atoms with Crippen LogP contribution in [0.5, 0.6) is 23.0 Å². The van der Waals surface area contributed by atoms with E-state index in [0.717, 1.165) is 48.7 Å². The molecule has 0 saturated carbocycles. The first-order valence-electron chi connectivity index (χ1n) is 16.5. The third-order valence-electron chi connectivity index (χ3n) is 9.80. The number of carbonyl (C=O) groups is 2. The van der Waals surface area contributed by atoms with Gasteiger partial charge in [-0.3, -0.25) is 19.9 Å². The molecular weight excluding hydrogens is 690 g/mol. The number of aliphatic hydroxyl groups excluding tert-OH is 1. The number of nitrogens with zero attached hydrogens (tertiary/aromatic N) is 4. The molecule has 268 valence electrons. The number of carbonyl (C=O) groups excluding carboxylic acids is 2. The summed E-state index contributed by atoms with van der Waals surface area (Å²) in [7, 11) is 1.64. The topological polar surface area (TPSA) is 157 Å². The summed E-state index contributed by atoms with van der Waals surface area (Å²) < 4.78 is 25.1. The van der Waals surface area contributed by atoms with Crippen molar-refractivity contribution in [2.24, 2.45) is 5.10 Å². The van der Waals surface area contributed by atoms with Crippen molar-refractivity contribution in [3.05, 3.63) is 99.1 Å². The van der Waals surface area contributed by atoms with Crippen molar-refractivity contribution >= 4 is 39.9 Å². The summed E-state index contributed by atoms with van der Waals surface area (Å²) in [5.74, 6) is -1.98. The van der Waals surface area contributed by atoms with Gasteiger partial charge in [0.05, 0.1) is 30.1 Å². The van der Waals surface area contributed by atoms with E-state index in [0.29, 0.717) is 17.4 Å². The largest absolute Gasteiger partial charge is 0.507 e. The number of methoxy groups -OCH3 is 1. The molecule has 3 aromatic carbocycles. The molecule has 14 heteroatoms. The zero-order valence-corrected chi connectivity index (χ0v) is 29.7. The maximum Gasteiger partial charge on any atom is 0.203 e. The summed E-state index contributed by atoms with van der Waals surface area (Å²) in [6.07, 6.45) is 2.85. The van der Waals surface area contributed by atoms with Gasteiger partial charge >= 0.3 is 0 Å². The maximum absolute atomic E-state index is 13.6. The van der Waals surface area contributed by atoms with Crippen LogP contribution in [0.25, 0.3) is 11.3 Å². The molecule has 0 amide bonds. The van der Waals surface area contributed by atoms with Crippen molar-refractivity contribution < 1.29 is 38.8 Å². The normalized spacial score (nSPS) is 18.7. The number of aromatic nitrogens is 1. The lowest BCUT2D eigenvalue weighted by molar-refractivity contribution is -0.123. The van der Waals surface area contributed by atoms with Gasteiger partial charge < -0.3 is 29.7 Å². The number of ether oxygens (including phenoxy) is 2. The minimum Gasteiger partial charge on any atom is -0.507 e. The van der Waals surface area contributed by atoms with Crippen LogP contribution >= 0.6 is 11.3 Å². The Hall–Kier alpha value is -5.73. The predicted molar refractivity (Wildman–Crippen MR) is 195 cm³/mol. The van der Waals surface area contributed by atoms with Crippen molar-refractivity contribution in [3.8, 4) is 34.3 Å². The third-order valence-corrected chi connectivity index (χ3v) is 10.5. The van der Waals surface area contributed by atoms with Crippen LogP contribution in [-0.4, -0.2) is 76.3 Å². The van der Waals surface area contributed by atoms with Gasteiger partial charge in [-0.1, -0.05) is 0 Å². The molecule has 1 saturated heterocycles. The number of allylic oxidation sites excluding steroid dienone is 3. The molecule has 1 atom stereocenters. The van der Waals surface area contributed by atoms with E-state index in [4.69, 9.17) is 9.47 Å². The number of piperazine rings is 1. The van der Waals surface area contributed by atoms with Crippen LogP contribution in [0.1, 0.15) is 36.1 Å². The molecule has 0 radical (unpaired) electrons. The quantitative estimate of drug-likeness (QED) is 0.0917. The van der Waals surface area contributed by atoms with Crippen LogP contribution in [-0.2, 0) is 21.5 Å². The zero-order valence-electron chi connectivity index (χ0n) is 28.9. The number of hydrazone groups is 1. The van der Waals surface area contributed by atoms with Gasteiger partial charge in [-0.15, -0.1) is 11.3 Å². The number of aliphatic hydroxyl groups is 1. The first-order chi connectivity index (χ1) is 24.9. The van der Waals surface area contributed by atoms with E-state index >= 15 is 0 Å². The number of fused-ring (bicyclic) bond motifs is 3. The molecule has 4 N–H and O–H groups in total. The van der Waals surface area contributed by atoms with E-state index in [1.165, 1.54) is 50.3 Å². The van der Waals surface area contributed by atoms with Gasteiger partial charge in [-0.05, 0) is 68.8 Å². The van der Waals surface area contributed by atoms with Crippen molar-refractivity contribution in [2.75, 3.05) is 43.6 Å². The average molecular weight is 726 g/mol. The van der Waals surface area contributed by atoms with Gasteiger partial charge in [-0.25, -0.2) is 9.37 Å². The van der Waals surface area contributed by atoms with E-state index in [1.54, 1.807) is 30.8 Å². The molecule has 2 aliphatic heterocycles. The van der Waals surface area contributed by atoms with E-state index in [-0.39, 0.29) is 45.5 Å². The van der Waals surface area contributed by atoms with Crippen molar-refractivity contribution in [2.45, 2.75) is 32.7 Å². The number of ketones is 2. The number of nitrogens with one attached hydrogen (secondary N) is 1. The molecule has 0 unspecified atom stereocenters. The molecular formula is C38H36FN5O7S. The van der Waals surface area contributed by atoms with Crippen LogP contribution in [0.3, 0.4) is 0 Å². The number of halogens is 1. The lowest BCUT2D eigenvalue weighted by atomic mass is 9.71. The van der Waals surface area contributed by atoms with Crippen LogP contribution in [0, 0.1) is 12.7 Å². The molecule has 0 spiro atoms. The monoisotopic (exact) mass is 725 g/mol. The highest BCUT2D eigenvalue weighted by atomic mass is 32.1. The highest BCUT2D eigenvalue weighted by Gasteiger charge is 2.55. The molecule has 7 rings (SSSR count).